The molecule has 5 nitrogen and oxygen atoms in total. The Bertz CT molecular complexity index is 442. The molecule has 1 heterocycles. The molecule has 1 aromatic carbocycles. The molecule has 1 amide bonds. The van der Waals surface area contributed by atoms with E-state index in [2.05, 4.69) is 0 Å². The number of carbonyl (C=O) groups is 1. The Kier molecular flexibility index (Phi) is 5.24. The van der Waals surface area contributed by atoms with Crippen LogP contribution in [-0.2, 0) is 4.79 Å². The molecule has 20 heavy (non-hydrogen) atoms. The van der Waals surface area contributed by atoms with Crippen molar-refractivity contribution in [2.75, 3.05) is 26.8 Å². The van der Waals surface area contributed by atoms with Crippen LogP contribution in [0.1, 0.15) is 19.3 Å². The third kappa shape index (κ3) is 4.13. The molecule has 0 spiro atoms. The van der Waals surface area contributed by atoms with Gasteiger partial charge in [0.15, 0.2) is 0 Å². The summed E-state index contributed by atoms with van der Waals surface area (Å²) < 4.78 is 10.7. The summed E-state index contributed by atoms with van der Waals surface area (Å²) in [6.07, 6.45) is 2.18. The summed E-state index contributed by atoms with van der Waals surface area (Å²) in [5.74, 6) is 1.61. The Morgan fingerprint density at radius 1 is 1.35 bits per heavy atom. The van der Waals surface area contributed by atoms with Gasteiger partial charge in [0.2, 0.25) is 5.91 Å². The Hall–Kier alpha value is -1.75. The van der Waals surface area contributed by atoms with Gasteiger partial charge in [-0.25, -0.2) is 0 Å². The monoisotopic (exact) mass is 278 g/mol. The van der Waals surface area contributed by atoms with E-state index < -0.39 is 0 Å². The molecular formula is C15H22N2O3. The summed E-state index contributed by atoms with van der Waals surface area (Å²) in [7, 11) is 1.61. The van der Waals surface area contributed by atoms with Crippen molar-refractivity contribution in [1.82, 2.24) is 4.90 Å². The van der Waals surface area contributed by atoms with Gasteiger partial charge in [0.1, 0.15) is 11.5 Å². The molecular weight excluding hydrogens is 256 g/mol. The number of hydrogen-bond acceptors (Lipinski definition) is 4. The van der Waals surface area contributed by atoms with E-state index in [9.17, 15) is 4.79 Å². The molecule has 1 aromatic rings. The SMILES string of the molecule is COc1cccc(OCCC(=O)N2CCC(N)CC2)c1. The molecule has 0 aliphatic carbocycles. The van der Waals surface area contributed by atoms with E-state index in [4.69, 9.17) is 15.2 Å². The van der Waals surface area contributed by atoms with Crippen molar-refractivity contribution in [3.63, 3.8) is 0 Å². The van der Waals surface area contributed by atoms with Gasteiger partial charge in [0.05, 0.1) is 20.1 Å². The quantitative estimate of drug-likeness (QED) is 0.884. The van der Waals surface area contributed by atoms with Crippen LogP contribution in [0.3, 0.4) is 0 Å². The second-order valence-corrected chi connectivity index (χ2v) is 5.00. The van der Waals surface area contributed by atoms with Crippen LogP contribution in [-0.4, -0.2) is 43.7 Å². The first-order valence-corrected chi connectivity index (χ1v) is 6.99. The molecule has 110 valence electrons. The lowest BCUT2D eigenvalue weighted by Crippen LogP contribution is -2.43. The molecule has 0 bridgehead atoms. The zero-order valence-corrected chi connectivity index (χ0v) is 11.9. The zero-order valence-electron chi connectivity index (χ0n) is 11.9. The summed E-state index contributed by atoms with van der Waals surface area (Å²) in [6, 6.07) is 7.63. The molecule has 0 unspecified atom stereocenters. The topological polar surface area (TPSA) is 64.8 Å². The van der Waals surface area contributed by atoms with Crippen LogP contribution >= 0.6 is 0 Å². The third-order valence-electron chi connectivity index (χ3n) is 3.52. The van der Waals surface area contributed by atoms with E-state index in [1.54, 1.807) is 7.11 Å². The second kappa shape index (κ2) is 7.14. The number of nitrogens with two attached hydrogens (primary N) is 1. The van der Waals surface area contributed by atoms with Crippen LogP contribution in [0.5, 0.6) is 11.5 Å². The van der Waals surface area contributed by atoms with E-state index in [0.717, 1.165) is 37.4 Å². The lowest BCUT2D eigenvalue weighted by atomic mass is 10.1. The minimum absolute atomic E-state index is 0.139. The number of piperidine rings is 1. The molecule has 1 aliphatic heterocycles. The first-order chi connectivity index (χ1) is 9.69. The van der Waals surface area contributed by atoms with Gasteiger partial charge in [-0.15, -0.1) is 0 Å². The first kappa shape index (κ1) is 14.7. The van der Waals surface area contributed by atoms with Crippen LogP contribution in [0.15, 0.2) is 24.3 Å². The maximum atomic E-state index is 12.0. The summed E-state index contributed by atoms with van der Waals surface area (Å²) >= 11 is 0. The molecule has 0 aromatic heterocycles. The normalized spacial score (nSPS) is 16.0. The fourth-order valence-corrected chi connectivity index (χ4v) is 2.25. The number of methoxy groups -OCH3 is 1. The molecule has 5 heteroatoms. The van der Waals surface area contributed by atoms with Crippen LogP contribution in [0.2, 0.25) is 0 Å². The van der Waals surface area contributed by atoms with Crippen LogP contribution in [0.4, 0.5) is 0 Å². The number of benzene rings is 1. The van der Waals surface area contributed by atoms with Crippen molar-refractivity contribution in [1.29, 1.82) is 0 Å². The summed E-state index contributed by atoms with van der Waals surface area (Å²) in [5, 5.41) is 0. The predicted octanol–water partition coefficient (Wildman–Crippen LogP) is 1.41. The minimum Gasteiger partial charge on any atom is -0.497 e. The van der Waals surface area contributed by atoms with Crippen molar-refractivity contribution in [3.05, 3.63) is 24.3 Å². The number of likely N-dealkylation sites (tertiary alicyclic amines) is 1. The van der Waals surface area contributed by atoms with E-state index in [1.165, 1.54) is 0 Å². The fraction of sp³-hybridized carbons (Fsp3) is 0.533. The number of nitrogens with zero attached hydrogens (tertiary/aromatic N) is 1. The number of rotatable bonds is 5. The third-order valence-corrected chi connectivity index (χ3v) is 3.52. The molecule has 1 saturated heterocycles. The Labute approximate surface area is 119 Å². The van der Waals surface area contributed by atoms with E-state index >= 15 is 0 Å². The molecule has 1 fully saturated rings. The van der Waals surface area contributed by atoms with Crippen molar-refractivity contribution < 1.29 is 14.3 Å². The lowest BCUT2D eigenvalue weighted by molar-refractivity contribution is -0.132. The Morgan fingerprint density at radius 2 is 2.05 bits per heavy atom. The highest BCUT2D eigenvalue weighted by Gasteiger charge is 2.20. The van der Waals surface area contributed by atoms with E-state index in [-0.39, 0.29) is 11.9 Å². The number of amides is 1. The largest absolute Gasteiger partial charge is 0.497 e. The van der Waals surface area contributed by atoms with Gasteiger partial charge >= 0.3 is 0 Å². The summed E-state index contributed by atoms with van der Waals surface area (Å²) in [5.41, 5.74) is 5.83. The summed E-state index contributed by atoms with van der Waals surface area (Å²) in [4.78, 5) is 13.9. The van der Waals surface area contributed by atoms with Gasteiger partial charge < -0.3 is 20.1 Å². The van der Waals surface area contributed by atoms with Gasteiger partial charge in [-0.3, -0.25) is 4.79 Å². The van der Waals surface area contributed by atoms with E-state index in [1.807, 2.05) is 29.2 Å². The van der Waals surface area contributed by atoms with E-state index in [0.29, 0.717) is 13.0 Å². The van der Waals surface area contributed by atoms with Crippen molar-refractivity contribution in [3.8, 4) is 11.5 Å². The molecule has 2 rings (SSSR count). The van der Waals surface area contributed by atoms with Gasteiger partial charge in [-0.05, 0) is 25.0 Å². The number of carbonyl (C=O) groups excluding carboxylic acids is 1. The highest BCUT2D eigenvalue weighted by molar-refractivity contribution is 5.76. The maximum Gasteiger partial charge on any atom is 0.225 e. The fourth-order valence-electron chi connectivity index (χ4n) is 2.25. The number of ether oxygens (including phenoxy) is 2. The van der Waals surface area contributed by atoms with Crippen LogP contribution < -0.4 is 15.2 Å². The Balaban J connectivity index is 1.73. The number of hydrogen-bond donors (Lipinski definition) is 1. The highest BCUT2D eigenvalue weighted by atomic mass is 16.5. The van der Waals surface area contributed by atoms with Crippen molar-refractivity contribution in [2.24, 2.45) is 5.73 Å². The first-order valence-electron chi connectivity index (χ1n) is 6.99. The van der Waals surface area contributed by atoms with Gasteiger partial charge in [0.25, 0.3) is 0 Å². The zero-order chi connectivity index (χ0) is 14.4. The standard InChI is InChI=1S/C15H22N2O3/c1-19-13-3-2-4-14(11-13)20-10-7-15(18)17-8-5-12(16)6-9-17/h2-4,11-12H,5-10,16H2,1H3. The van der Waals surface area contributed by atoms with Crippen LogP contribution in [0.25, 0.3) is 0 Å². The lowest BCUT2D eigenvalue weighted by Gasteiger charge is -2.30. The summed E-state index contributed by atoms with van der Waals surface area (Å²) in [6.45, 7) is 1.91. The van der Waals surface area contributed by atoms with Gasteiger partial charge in [-0.1, -0.05) is 6.07 Å². The van der Waals surface area contributed by atoms with Crippen LogP contribution in [0, 0.1) is 0 Å². The molecule has 2 N–H and O–H groups in total. The highest BCUT2D eigenvalue weighted by Crippen LogP contribution is 2.19. The second-order valence-electron chi connectivity index (χ2n) is 5.00. The smallest absolute Gasteiger partial charge is 0.225 e. The maximum absolute atomic E-state index is 12.0. The molecule has 0 radical (unpaired) electrons. The molecule has 0 atom stereocenters. The Morgan fingerprint density at radius 3 is 2.75 bits per heavy atom. The molecule has 1 aliphatic rings. The average molecular weight is 278 g/mol. The minimum atomic E-state index is 0.139. The average Bonchev–Trinajstić information content (AvgIpc) is 2.48. The predicted molar refractivity (Wildman–Crippen MR) is 76.9 cm³/mol. The van der Waals surface area contributed by atoms with Gasteiger partial charge in [-0.2, -0.15) is 0 Å². The van der Waals surface area contributed by atoms with Crippen molar-refractivity contribution >= 4 is 5.91 Å². The van der Waals surface area contributed by atoms with Gasteiger partial charge in [0, 0.05) is 25.2 Å². The van der Waals surface area contributed by atoms with Crippen molar-refractivity contribution in [2.45, 2.75) is 25.3 Å². The molecule has 0 saturated carbocycles.